The summed E-state index contributed by atoms with van der Waals surface area (Å²) in [7, 11) is 0. The highest BCUT2D eigenvalue weighted by Gasteiger charge is 2.60. The van der Waals surface area contributed by atoms with Crippen molar-refractivity contribution < 1.29 is 9.59 Å². The Morgan fingerprint density at radius 1 is 1.11 bits per heavy atom. The van der Waals surface area contributed by atoms with E-state index in [0.717, 1.165) is 19.3 Å². The third-order valence-electron chi connectivity index (χ3n) is 7.23. The van der Waals surface area contributed by atoms with E-state index in [2.05, 4.69) is 47.7 Å². The third kappa shape index (κ3) is 3.43. The predicted octanol–water partition coefficient (Wildman–Crippen LogP) is 3.09. The van der Waals surface area contributed by atoms with Crippen LogP contribution in [-0.4, -0.2) is 24.9 Å². The maximum atomic E-state index is 13.2. The standard InChI is InChI=1S/C24H30N2O2/c1-3-9-25-21(27)8-10-26-22(28)24-14-18-11-19(15-24)13-23(12-18,16-24)20-6-4-17(2)5-7-20/h1,4-7,18-19H,8-16H2,2H3,(H,25,27)(H,26,28). The molecule has 2 N–H and O–H groups in total. The summed E-state index contributed by atoms with van der Waals surface area (Å²) in [6.07, 6.45) is 12.1. The van der Waals surface area contributed by atoms with E-state index in [9.17, 15) is 9.59 Å². The Labute approximate surface area is 167 Å². The van der Waals surface area contributed by atoms with Crippen molar-refractivity contribution in [2.75, 3.05) is 13.1 Å². The van der Waals surface area contributed by atoms with E-state index in [1.807, 2.05) is 0 Å². The van der Waals surface area contributed by atoms with Crippen LogP contribution in [0.2, 0.25) is 0 Å². The van der Waals surface area contributed by atoms with Crippen LogP contribution < -0.4 is 10.6 Å². The van der Waals surface area contributed by atoms with Gasteiger partial charge in [-0.1, -0.05) is 35.7 Å². The van der Waals surface area contributed by atoms with Gasteiger partial charge in [0.05, 0.1) is 12.0 Å². The first kappa shape index (κ1) is 19.1. The van der Waals surface area contributed by atoms with Crippen molar-refractivity contribution in [3.63, 3.8) is 0 Å². The Balaban J connectivity index is 1.47. The molecule has 4 aliphatic rings. The zero-order valence-electron chi connectivity index (χ0n) is 16.7. The van der Waals surface area contributed by atoms with Crippen molar-refractivity contribution in [3.8, 4) is 12.3 Å². The number of carbonyl (C=O) groups excluding carboxylic acids is 2. The molecule has 0 saturated heterocycles. The first-order valence-electron chi connectivity index (χ1n) is 10.5. The summed E-state index contributed by atoms with van der Waals surface area (Å²) < 4.78 is 0. The van der Waals surface area contributed by atoms with Gasteiger partial charge in [-0.3, -0.25) is 9.59 Å². The second-order valence-electron chi connectivity index (χ2n) is 9.37. The minimum absolute atomic E-state index is 0.111. The maximum absolute atomic E-state index is 13.2. The molecule has 5 rings (SSSR count). The zero-order valence-corrected chi connectivity index (χ0v) is 16.7. The van der Waals surface area contributed by atoms with Crippen molar-refractivity contribution in [3.05, 3.63) is 35.4 Å². The van der Waals surface area contributed by atoms with E-state index >= 15 is 0 Å². The number of terminal acetylenes is 1. The molecule has 2 unspecified atom stereocenters. The van der Waals surface area contributed by atoms with E-state index in [-0.39, 0.29) is 35.6 Å². The van der Waals surface area contributed by atoms with Gasteiger partial charge >= 0.3 is 0 Å². The number of hydrogen-bond donors (Lipinski definition) is 2. The smallest absolute Gasteiger partial charge is 0.226 e. The van der Waals surface area contributed by atoms with E-state index in [0.29, 0.717) is 18.4 Å². The minimum Gasteiger partial charge on any atom is -0.355 e. The molecule has 4 nitrogen and oxygen atoms in total. The fourth-order valence-electron chi connectivity index (χ4n) is 6.49. The summed E-state index contributed by atoms with van der Waals surface area (Å²) in [4.78, 5) is 25.0. The molecule has 2 atom stereocenters. The molecular formula is C24H30N2O2. The fraction of sp³-hybridized carbons (Fsp3) is 0.583. The fourth-order valence-corrected chi connectivity index (χ4v) is 6.49. The van der Waals surface area contributed by atoms with Crippen LogP contribution in [-0.2, 0) is 15.0 Å². The van der Waals surface area contributed by atoms with Gasteiger partial charge in [0.25, 0.3) is 0 Å². The largest absolute Gasteiger partial charge is 0.355 e. The van der Waals surface area contributed by atoms with Crippen LogP contribution in [0.25, 0.3) is 0 Å². The van der Waals surface area contributed by atoms with Crippen LogP contribution in [0.4, 0.5) is 0 Å². The molecule has 148 valence electrons. The Morgan fingerprint density at radius 2 is 1.79 bits per heavy atom. The van der Waals surface area contributed by atoms with Gasteiger partial charge < -0.3 is 10.6 Å². The van der Waals surface area contributed by atoms with E-state index < -0.39 is 0 Å². The number of carbonyl (C=O) groups is 2. The molecule has 4 aliphatic carbocycles. The van der Waals surface area contributed by atoms with Crippen LogP contribution in [0, 0.1) is 36.5 Å². The molecule has 0 heterocycles. The van der Waals surface area contributed by atoms with Gasteiger partial charge in [0.1, 0.15) is 0 Å². The van der Waals surface area contributed by atoms with Crippen molar-refractivity contribution in [1.29, 1.82) is 0 Å². The second kappa shape index (κ2) is 7.28. The van der Waals surface area contributed by atoms with Gasteiger partial charge in [-0.2, -0.15) is 0 Å². The molecular weight excluding hydrogens is 348 g/mol. The highest BCUT2D eigenvalue weighted by molar-refractivity contribution is 5.84. The molecule has 1 aromatic carbocycles. The van der Waals surface area contributed by atoms with Crippen molar-refractivity contribution >= 4 is 11.8 Å². The quantitative estimate of drug-likeness (QED) is 0.748. The highest BCUT2D eigenvalue weighted by atomic mass is 16.2. The minimum atomic E-state index is -0.260. The zero-order chi connectivity index (χ0) is 19.8. The van der Waals surface area contributed by atoms with Crippen LogP contribution in [0.5, 0.6) is 0 Å². The SMILES string of the molecule is C#CCNC(=O)CCNC(=O)C12CC3CC(C1)CC(c1ccc(C)cc1)(C3)C2. The normalized spacial score (nSPS) is 32.6. The van der Waals surface area contributed by atoms with Gasteiger partial charge in [-0.25, -0.2) is 0 Å². The Bertz CT molecular complexity index is 791. The summed E-state index contributed by atoms with van der Waals surface area (Å²) >= 11 is 0. The summed E-state index contributed by atoms with van der Waals surface area (Å²) in [6, 6.07) is 8.97. The molecule has 0 spiro atoms. The molecule has 0 radical (unpaired) electrons. The van der Waals surface area contributed by atoms with Gasteiger partial charge in [0, 0.05) is 13.0 Å². The summed E-state index contributed by atoms with van der Waals surface area (Å²) in [5.74, 6) is 3.73. The lowest BCUT2D eigenvalue weighted by Crippen LogP contribution is -2.59. The van der Waals surface area contributed by atoms with Crippen LogP contribution in [0.15, 0.2) is 24.3 Å². The average Bonchev–Trinajstić information content (AvgIpc) is 2.65. The molecule has 4 fully saturated rings. The van der Waals surface area contributed by atoms with Crippen molar-refractivity contribution in [2.45, 2.75) is 57.3 Å². The number of rotatable bonds is 6. The summed E-state index contributed by atoms with van der Waals surface area (Å²) in [5, 5.41) is 5.72. The first-order chi connectivity index (χ1) is 13.4. The highest BCUT2D eigenvalue weighted by Crippen LogP contribution is 2.65. The number of nitrogens with one attached hydrogen (secondary N) is 2. The Kier molecular flexibility index (Phi) is 4.95. The summed E-state index contributed by atoms with van der Waals surface area (Å²) in [6.45, 7) is 2.74. The van der Waals surface area contributed by atoms with Crippen LogP contribution in [0.3, 0.4) is 0 Å². The average molecular weight is 379 g/mol. The van der Waals surface area contributed by atoms with Crippen LogP contribution in [0.1, 0.15) is 56.1 Å². The number of aryl methyl sites for hydroxylation is 1. The second-order valence-corrected chi connectivity index (χ2v) is 9.37. The van der Waals surface area contributed by atoms with Gasteiger partial charge in [0.2, 0.25) is 11.8 Å². The lowest BCUT2D eigenvalue weighted by Gasteiger charge is -2.61. The molecule has 28 heavy (non-hydrogen) atoms. The molecule has 4 saturated carbocycles. The summed E-state index contributed by atoms with van der Waals surface area (Å²) in [5.41, 5.74) is 2.59. The van der Waals surface area contributed by atoms with E-state index in [4.69, 9.17) is 6.42 Å². The Morgan fingerprint density at radius 3 is 2.43 bits per heavy atom. The van der Waals surface area contributed by atoms with Gasteiger partial charge in [-0.15, -0.1) is 6.42 Å². The topological polar surface area (TPSA) is 58.2 Å². The molecule has 1 aromatic rings. The number of hydrogen-bond acceptors (Lipinski definition) is 2. The third-order valence-corrected chi connectivity index (χ3v) is 7.23. The molecule has 2 amide bonds. The lowest BCUT2D eigenvalue weighted by molar-refractivity contribution is -0.149. The molecule has 4 heteroatoms. The van der Waals surface area contributed by atoms with Crippen molar-refractivity contribution in [2.24, 2.45) is 17.3 Å². The van der Waals surface area contributed by atoms with Gasteiger partial charge in [0.15, 0.2) is 0 Å². The predicted molar refractivity (Wildman–Crippen MR) is 109 cm³/mol. The maximum Gasteiger partial charge on any atom is 0.226 e. The number of amides is 2. The first-order valence-corrected chi connectivity index (χ1v) is 10.5. The molecule has 4 bridgehead atoms. The number of benzene rings is 1. The molecule has 0 aliphatic heterocycles. The van der Waals surface area contributed by atoms with Crippen molar-refractivity contribution in [1.82, 2.24) is 10.6 Å². The lowest BCUT2D eigenvalue weighted by atomic mass is 9.42. The molecule has 0 aromatic heterocycles. The van der Waals surface area contributed by atoms with Gasteiger partial charge in [-0.05, 0) is 68.3 Å². The van der Waals surface area contributed by atoms with Crippen LogP contribution >= 0.6 is 0 Å². The monoisotopic (exact) mass is 378 g/mol. The van der Waals surface area contributed by atoms with E-state index in [1.165, 1.54) is 30.4 Å². The Hall–Kier alpha value is -2.28. The van der Waals surface area contributed by atoms with E-state index in [1.54, 1.807) is 0 Å².